The highest BCUT2D eigenvalue weighted by molar-refractivity contribution is 5.67. The van der Waals surface area contributed by atoms with E-state index in [-0.39, 0.29) is 6.61 Å². The molecule has 31 heavy (non-hydrogen) atoms. The zero-order valence-corrected chi connectivity index (χ0v) is 16.8. The Balaban J connectivity index is 1.73. The zero-order chi connectivity index (χ0) is 21.8. The average Bonchev–Trinajstić information content (AvgIpc) is 2.80. The first-order valence-electron chi connectivity index (χ1n) is 10.0. The van der Waals surface area contributed by atoms with Crippen molar-refractivity contribution in [2.75, 3.05) is 44.2 Å². The SMILES string of the molecule is OCCN1CCN(c2cc(-c3cccc(C(F)(F)F)c3)nc(-c3ccccn3)n2)CC1. The number of hydrogen-bond acceptors (Lipinski definition) is 6. The molecule has 0 radical (unpaired) electrons. The largest absolute Gasteiger partial charge is 0.416 e. The third-order valence-electron chi connectivity index (χ3n) is 5.20. The standard InChI is InChI=1S/C22H22F3N5O/c23-22(24,25)17-5-3-4-16(14-17)19-15-20(30-10-8-29(9-11-30)12-13-31)28-21(27-19)18-6-1-2-7-26-18/h1-7,14-15,31H,8-13H2. The highest BCUT2D eigenvalue weighted by Crippen LogP contribution is 2.33. The summed E-state index contributed by atoms with van der Waals surface area (Å²) in [5.74, 6) is 1.01. The van der Waals surface area contributed by atoms with E-state index < -0.39 is 11.7 Å². The molecule has 0 unspecified atom stereocenters. The molecule has 9 heteroatoms. The first-order chi connectivity index (χ1) is 14.9. The number of pyridine rings is 1. The van der Waals surface area contributed by atoms with Crippen molar-refractivity contribution in [2.45, 2.75) is 6.18 Å². The molecule has 1 aliphatic rings. The predicted molar refractivity (Wildman–Crippen MR) is 111 cm³/mol. The van der Waals surface area contributed by atoms with Crippen molar-refractivity contribution in [3.63, 3.8) is 0 Å². The van der Waals surface area contributed by atoms with Gasteiger partial charge >= 0.3 is 6.18 Å². The molecule has 1 N–H and O–H groups in total. The zero-order valence-electron chi connectivity index (χ0n) is 16.8. The summed E-state index contributed by atoms with van der Waals surface area (Å²) >= 11 is 0. The molecule has 0 amide bonds. The van der Waals surface area contributed by atoms with Crippen LogP contribution in [0.2, 0.25) is 0 Å². The maximum Gasteiger partial charge on any atom is 0.416 e. The molecular formula is C22H22F3N5O. The third-order valence-corrected chi connectivity index (χ3v) is 5.20. The van der Waals surface area contributed by atoms with Crippen LogP contribution in [0.15, 0.2) is 54.7 Å². The van der Waals surface area contributed by atoms with E-state index in [4.69, 9.17) is 5.11 Å². The van der Waals surface area contributed by atoms with Crippen molar-refractivity contribution >= 4 is 5.82 Å². The van der Waals surface area contributed by atoms with E-state index in [2.05, 4.69) is 24.8 Å². The van der Waals surface area contributed by atoms with Crippen LogP contribution < -0.4 is 4.90 Å². The molecule has 0 atom stereocenters. The van der Waals surface area contributed by atoms with Crippen molar-refractivity contribution in [3.05, 3.63) is 60.3 Å². The van der Waals surface area contributed by atoms with Crippen LogP contribution in [0.1, 0.15) is 5.56 Å². The molecule has 6 nitrogen and oxygen atoms in total. The van der Waals surface area contributed by atoms with E-state index in [0.717, 1.165) is 25.2 Å². The molecular weight excluding hydrogens is 407 g/mol. The van der Waals surface area contributed by atoms with Crippen LogP contribution in [0, 0.1) is 0 Å². The Labute approximate surface area is 178 Å². The lowest BCUT2D eigenvalue weighted by molar-refractivity contribution is -0.137. The molecule has 3 aromatic rings. The maximum atomic E-state index is 13.2. The van der Waals surface area contributed by atoms with Crippen LogP contribution in [-0.4, -0.2) is 64.3 Å². The van der Waals surface area contributed by atoms with E-state index in [9.17, 15) is 13.2 Å². The van der Waals surface area contributed by atoms with Crippen LogP contribution >= 0.6 is 0 Å². The van der Waals surface area contributed by atoms with Gasteiger partial charge in [-0.15, -0.1) is 0 Å². The second-order valence-corrected chi connectivity index (χ2v) is 7.28. The third kappa shape index (κ3) is 5.00. The number of aliphatic hydroxyl groups excluding tert-OH is 1. The minimum atomic E-state index is -4.43. The smallest absolute Gasteiger partial charge is 0.395 e. The van der Waals surface area contributed by atoms with Gasteiger partial charge in [0.1, 0.15) is 11.5 Å². The number of β-amino-alcohol motifs (C(OH)–C–C–N with tert-alkyl or cyclic N) is 1. The highest BCUT2D eigenvalue weighted by Gasteiger charge is 2.30. The predicted octanol–water partition coefficient (Wildman–Crippen LogP) is 3.34. The van der Waals surface area contributed by atoms with E-state index in [1.807, 2.05) is 6.07 Å². The fraction of sp³-hybridized carbons (Fsp3) is 0.318. The van der Waals surface area contributed by atoms with Gasteiger partial charge in [-0.1, -0.05) is 18.2 Å². The van der Waals surface area contributed by atoms with Gasteiger partial charge < -0.3 is 10.0 Å². The Hall–Kier alpha value is -3.04. The fourth-order valence-electron chi connectivity index (χ4n) is 3.55. The minimum Gasteiger partial charge on any atom is -0.395 e. The number of rotatable bonds is 5. The molecule has 162 valence electrons. The summed E-state index contributed by atoms with van der Waals surface area (Å²) < 4.78 is 39.7. The number of piperazine rings is 1. The Morgan fingerprint density at radius 3 is 2.39 bits per heavy atom. The minimum absolute atomic E-state index is 0.108. The van der Waals surface area contributed by atoms with E-state index in [1.165, 1.54) is 6.07 Å². The monoisotopic (exact) mass is 429 g/mol. The van der Waals surface area contributed by atoms with Gasteiger partial charge in [0.05, 0.1) is 17.9 Å². The van der Waals surface area contributed by atoms with Crippen LogP contribution in [0.25, 0.3) is 22.8 Å². The number of halogens is 3. The van der Waals surface area contributed by atoms with E-state index in [0.29, 0.717) is 48.2 Å². The van der Waals surface area contributed by atoms with Gasteiger partial charge in [0.15, 0.2) is 5.82 Å². The molecule has 0 saturated carbocycles. The number of alkyl halides is 3. The van der Waals surface area contributed by atoms with Crippen molar-refractivity contribution in [2.24, 2.45) is 0 Å². The van der Waals surface area contributed by atoms with Gasteiger partial charge in [0.2, 0.25) is 0 Å². The first-order valence-corrected chi connectivity index (χ1v) is 10.0. The number of hydrogen-bond donors (Lipinski definition) is 1. The van der Waals surface area contributed by atoms with Gasteiger partial charge in [-0.05, 0) is 24.3 Å². The first kappa shape index (κ1) is 21.2. The lowest BCUT2D eigenvalue weighted by Crippen LogP contribution is -2.47. The fourth-order valence-corrected chi connectivity index (χ4v) is 3.55. The number of anilines is 1. The molecule has 3 heterocycles. The molecule has 1 saturated heterocycles. The Morgan fingerprint density at radius 1 is 0.903 bits per heavy atom. The average molecular weight is 429 g/mol. The highest BCUT2D eigenvalue weighted by atomic mass is 19.4. The Kier molecular flexibility index (Phi) is 6.15. The van der Waals surface area contributed by atoms with Crippen LogP contribution in [0.4, 0.5) is 19.0 Å². The number of aliphatic hydroxyl groups is 1. The molecule has 4 rings (SSSR count). The summed E-state index contributed by atoms with van der Waals surface area (Å²) in [4.78, 5) is 17.7. The van der Waals surface area contributed by atoms with Crippen molar-refractivity contribution in [3.8, 4) is 22.8 Å². The summed E-state index contributed by atoms with van der Waals surface area (Å²) in [6.07, 6.45) is -2.80. The summed E-state index contributed by atoms with van der Waals surface area (Å²) in [5.41, 5.74) is 0.614. The second kappa shape index (κ2) is 8.99. The molecule has 0 bridgehead atoms. The molecule has 1 aliphatic heterocycles. The number of aromatic nitrogens is 3. The quantitative estimate of drug-likeness (QED) is 0.671. The van der Waals surface area contributed by atoms with Gasteiger partial charge in [-0.3, -0.25) is 9.88 Å². The second-order valence-electron chi connectivity index (χ2n) is 7.28. The number of nitrogens with zero attached hydrogens (tertiary/aromatic N) is 5. The normalized spacial score (nSPS) is 15.3. The molecule has 0 spiro atoms. The summed E-state index contributed by atoms with van der Waals surface area (Å²) in [6, 6.07) is 12.2. The van der Waals surface area contributed by atoms with Gasteiger partial charge in [-0.25, -0.2) is 9.97 Å². The van der Waals surface area contributed by atoms with Crippen LogP contribution in [0.5, 0.6) is 0 Å². The van der Waals surface area contributed by atoms with E-state index in [1.54, 1.807) is 30.5 Å². The Morgan fingerprint density at radius 2 is 1.71 bits per heavy atom. The van der Waals surface area contributed by atoms with Crippen molar-refractivity contribution < 1.29 is 18.3 Å². The summed E-state index contributed by atoms with van der Waals surface area (Å²) in [5, 5.41) is 9.14. The summed E-state index contributed by atoms with van der Waals surface area (Å²) in [6.45, 7) is 3.65. The molecule has 2 aromatic heterocycles. The Bertz CT molecular complexity index is 1020. The van der Waals surface area contributed by atoms with Gasteiger partial charge in [0, 0.05) is 50.6 Å². The topological polar surface area (TPSA) is 65.4 Å². The molecule has 1 fully saturated rings. The molecule has 1 aromatic carbocycles. The summed E-state index contributed by atoms with van der Waals surface area (Å²) in [7, 11) is 0. The number of benzene rings is 1. The lowest BCUT2D eigenvalue weighted by atomic mass is 10.1. The van der Waals surface area contributed by atoms with Crippen molar-refractivity contribution in [1.29, 1.82) is 0 Å². The van der Waals surface area contributed by atoms with Crippen LogP contribution in [-0.2, 0) is 6.18 Å². The maximum absolute atomic E-state index is 13.2. The lowest BCUT2D eigenvalue weighted by Gasteiger charge is -2.35. The molecule has 0 aliphatic carbocycles. The van der Waals surface area contributed by atoms with Gasteiger partial charge in [0.25, 0.3) is 0 Å². The van der Waals surface area contributed by atoms with Crippen LogP contribution in [0.3, 0.4) is 0 Å². The van der Waals surface area contributed by atoms with Crippen molar-refractivity contribution in [1.82, 2.24) is 19.9 Å². The van der Waals surface area contributed by atoms with Gasteiger partial charge in [-0.2, -0.15) is 13.2 Å². The van der Waals surface area contributed by atoms with E-state index >= 15 is 0 Å².